The fourth-order valence-electron chi connectivity index (χ4n) is 1.39. The predicted molar refractivity (Wildman–Crippen MR) is 53.9 cm³/mol. The molecule has 0 fully saturated rings. The first-order valence-corrected chi connectivity index (χ1v) is 5.11. The average molecular weight is 195 g/mol. The van der Waals surface area contributed by atoms with Crippen molar-refractivity contribution in [3.63, 3.8) is 0 Å². The lowest BCUT2D eigenvalue weighted by molar-refractivity contribution is -0.117. The second kappa shape index (κ2) is 5.52. The summed E-state index contributed by atoms with van der Waals surface area (Å²) in [5.74, 6) is 0.238. The summed E-state index contributed by atoms with van der Waals surface area (Å²) in [4.78, 5) is 10.7. The van der Waals surface area contributed by atoms with E-state index in [4.69, 9.17) is 0 Å². The van der Waals surface area contributed by atoms with Gasteiger partial charge < -0.3 is 4.79 Å². The van der Waals surface area contributed by atoms with Crippen molar-refractivity contribution >= 4 is 5.78 Å². The van der Waals surface area contributed by atoms with E-state index in [0.29, 0.717) is 6.42 Å². The van der Waals surface area contributed by atoms with Crippen LogP contribution in [-0.2, 0) is 17.8 Å². The molecule has 0 bridgehead atoms. The van der Waals surface area contributed by atoms with Crippen LogP contribution in [0.25, 0.3) is 0 Å². The van der Waals surface area contributed by atoms with Gasteiger partial charge in [0, 0.05) is 13.0 Å². The van der Waals surface area contributed by atoms with Gasteiger partial charge in [-0.15, -0.1) is 5.10 Å². The van der Waals surface area contributed by atoms with Crippen molar-refractivity contribution < 1.29 is 4.79 Å². The highest BCUT2D eigenvalue weighted by molar-refractivity contribution is 5.75. The Kier molecular flexibility index (Phi) is 4.29. The third-order valence-electron chi connectivity index (χ3n) is 2.10. The summed E-state index contributed by atoms with van der Waals surface area (Å²) < 4.78 is 1.90. The van der Waals surface area contributed by atoms with Crippen molar-refractivity contribution in [3.05, 3.63) is 11.9 Å². The van der Waals surface area contributed by atoms with Gasteiger partial charge >= 0.3 is 0 Å². The number of hydrogen-bond donors (Lipinski definition) is 0. The first-order chi connectivity index (χ1) is 6.74. The molecule has 4 nitrogen and oxygen atoms in total. The van der Waals surface area contributed by atoms with Crippen molar-refractivity contribution in [2.45, 2.75) is 46.1 Å². The number of aryl methyl sites for hydroxylation is 2. The highest BCUT2D eigenvalue weighted by Gasteiger charge is 2.02. The SMILES string of the molecule is CCCc1cnnn1CCCC(C)=O. The van der Waals surface area contributed by atoms with Crippen molar-refractivity contribution in [3.8, 4) is 0 Å². The van der Waals surface area contributed by atoms with Crippen LogP contribution in [0.2, 0.25) is 0 Å². The van der Waals surface area contributed by atoms with Gasteiger partial charge in [0.05, 0.1) is 11.9 Å². The maximum atomic E-state index is 10.7. The largest absolute Gasteiger partial charge is 0.300 e. The molecular formula is C10H17N3O. The molecule has 0 spiro atoms. The highest BCUT2D eigenvalue weighted by atomic mass is 16.1. The quantitative estimate of drug-likeness (QED) is 0.692. The lowest BCUT2D eigenvalue weighted by Crippen LogP contribution is -2.06. The third-order valence-corrected chi connectivity index (χ3v) is 2.10. The number of carbonyl (C=O) groups is 1. The van der Waals surface area contributed by atoms with E-state index in [1.165, 1.54) is 0 Å². The normalized spacial score (nSPS) is 10.4. The number of ketones is 1. The second-order valence-corrected chi connectivity index (χ2v) is 3.50. The van der Waals surface area contributed by atoms with Crippen LogP contribution < -0.4 is 0 Å². The van der Waals surface area contributed by atoms with Gasteiger partial charge in [0.1, 0.15) is 5.78 Å². The molecule has 14 heavy (non-hydrogen) atoms. The van der Waals surface area contributed by atoms with Crippen molar-refractivity contribution in [2.24, 2.45) is 0 Å². The first kappa shape index (κ1) is 10.9. The number of Topliss-reactive ketones (excluding diaryl/α,β-unsaturated/α-hetero) is 1. The molecule has 1 aromatic rings. The van der Waals surface area contributed by atoms with E-state index in [1.807, 2.05) is 4.68 Å². The molecule has 0 saturated heterocycles. The van der Waals surface area contributed by atoms with Crippen LogP contribution in [0.3, 0.4) is 0 Å². The molecule has 0 atom stereocenters. The zero-order chi connectivity index (χ0) is 10.4. The van der Waals surface area contributed by atoms with Gasteiger partial charge in [0.15, 0.2) is 0 Å². The van der Waals surface area contributed by atoms with Crippen LogP contribution in [0.1, 0.15) is 38.8 Å². The molecule has 0 aromatic carbocycles. The molecule has 0 amide bonds. The van der Waals surface area contributed by atoms with E-state index in [1.54, 1.807) is 13.1 Å². The van der Waals surface area contributed by atoms with Crippen molar-refractivity contribution in [2.75, 3.05) is 0 Å². The summed E-state index contributed by atoms with van der Waals surface area (Å²) in [6, 6.07) is 0. The van der Waals surface area contributed by atoms with E-state index < -0.39 is 0 Å². The number of hydrogen-bond acceptors (Lipinski definition) is 3. The summed E-state index contributed by atoms with van der Waals surface area (Å²) in [5.41, 5.74) is 1.16. The third kappa shape index (κ3) is 3.28. The molecule has 1 heterocycles. The van der Waals surface area contributed by atoms with Gasteiger partial charge in [0.2, 0.25) is 0 Å². The summed E-state index contributed by atoms with van der Waals surface area (Å²) in [7, 11) is 0. The molecule has 0 saturated carbocycles. The van der Waals surface area contributed by atoms with Crippen molar-refractivity contribution in [1.82, 2.24) is 15.0 Å². The molecule has 0 unspecified atom stereocenters. The van der Waals surface area contributed by atoms with Gasteiger partial charge in [0.25, 0.3) is 0 Å². The standard InChI is InChI=1S/C10H17N3O/c1-3-5-10-8-11-12-13(10)7-4-6-9(2)14/h8H,3-7H2,1-2H3. The Bertz CT molecular complexity index is 293. The number of rotatable bonds is 6. The minimum atomic E-state index is 0.238. The van der Waals surface area contributed by atoms with E-state index in [0.717, 1.165) is 31.5 Å². The molecule has 0 aliphatic carbocycles. The van der Waals surface area contributed by atoms with Crippen LogP contribution >= 0.6 is 0 Å². The van der Waals surface area contributed by atoms with Gasteiger partial charge in [-0.05, 0) is 19.8 Å². The fraction of sp³-hybridized carbons (Fsp3) is 0.700. The van der Waals surface area contributed by atoms with Gasteiger partial charge in [-0.2, -0.15) is 0 Å². The van der Waals surface area contributed by atoms with E-state index >= 15 is 0 Å². The zero-order valence-electron chi connectivity index (χ0n) is 8.86. The van der Waals surface area contributed by atoms with Crippen molar-refractivity contribution in [1.29, 1.82) is 0 Å². The Balaban J connectivity index is 2.41. The predicted octanol–water partition coefficient (Wildman–Crippen LogP) is 1.60. The fourth-order valence-corrected chi connectivity index (χ4v) is 1.39. The summed E-state index contributed by atoms with van der Waals surface area (Å²) in [6.07, 6.45) is 5.39. The highest BCUT2D eigenvalue weighted by Crippen LogP contribution is 2.03. The first-order valence-electron chi connectivity index (χ1n) is 5.11. The maximum absolute atomic E-state index is 10.7. The Morgan fingerprint density at radius 1 is 1.57 bits per heavy atom. The van der Waals surface area contributed by atoms with Gasteiger partial charge in [-0.1, -0.05) is 18.6 Å². The molecular weight excluding hydrogens is 178 g/mol. The topological polar surface area (TPSA) is 47.8 Å². The van der Waals surface area contributed by atoms with Crippen LogP contribution in [0, 0.1) is 0 Å². The molecule has 0 N–H and O–H groups in total. The number of nitrogens with zero attached hydrogens (tertiary/aromatic N) is 3. The molecule has 0 aliphatic heterocycles. The Morgan fingerprint density at radius 2 is 2.36 bits per heavy atom. The van der Waals surface area contributed by atoms with E-state index in [2.05, 4.69) is 17.2 Å². The Morgan fingerprint density at radius 3 is 3.00 bits per heavy atom. The second-order valence-electron chi connectivity index (χ2n) is 3.50. The lowest BCUT2D eigenvalue weighted by atomic mass is 10.2. The summed E-state index contributed by atoms with van der Waals surface area (Å²) >= 11 is 0. The van der Waals surface area contributed by atoms with Crippen LogP contribution in [0.5, 0.6) is 0 Å². The minimum Gasteiger partial charge on any atom is -0.300 e. The van der Waals surface area contributed by atoms with Crippen LogP contribution in [0.15, 0.2) is 6.20 Å². The smallest absolute Gasteiger partial charge is 0.129 e. The molecule has 0 radical (unpaired) electrons. The Labute approximate surface area is 84.3 Å². The average Bonchev–Trinajstić information content (AvgIpc) is 2.53. The molecule has 0 aliphatic rings. The molecule has 78 valence electrons. The van der Waals surface area contributed by atoms with Gasteiger partial charge in [-0.25, -0.2) is 4.68 Å². The van der Waals surface area contributed by atoms with E-state index in [-0.39, 0.29) is 5.78 Å². The monoisotopic (exact) mass is 195 g/mol. The van der Waals surface area contributed by atoms with Gasteiger partial charge in [-0.3, -0.25) is 0 Å². The van der Waals surface area contributed by atoms with Crippen LogP contribution in [0.4, 0.5) is 0 Å². The summed E-state index contributed by atoms with van der Waals surface area (Å²) in [6.45, 7) is 4.55. The maximum Gasteiger partial charge on any atom is 0.129 e. The molecule has 1 rings (SSSR count). The molecule has 1 aromatic heterocycles. The lowest BCUT2D eigenvalue weighted by Gasteiger charge is -2.03. The minimum absolute atomic E-state index is 0.238. The van der Waals surface area contributed by atoms with Crippen LogP contribution in [-0.4, -0.2) is 20.8 Å². The molecule has 4 heteroatoms. The number of aromatic nitrogens is 3. The Hall–Kier alpha value is -1.19. The van der Waals surface area contributed by atoms with E-state index in [9.17, 15) is 4.79 Å². The zero-order valence-corrected chi connectivity index (χ0v) is 8.86. The number of carbonyl (C=O) groups excluding carboxylic acids is 1. The summed E-state index contributed by atoms with van der Waals surface area (Å²) in [5, 5.41) is 7.85.